The first-order valence-electron chi connectivity index (χ1n) is 6.24. The van der Waals surface area contributed by atoms with Gasteiger partial charge < -0.3 is 5.11 Å². The van der Waals surface area contributed by atoms with Crippen LogP contribution >= 0.6 is 0 Å². The summed E-state index contributed by atoms with van der Waals surface area (Å²) in [5.41, 5.74) is 1.07. The Bertz CT molecular complexity index is 642. The third-order valence-electron chi connectivity index (χ3n) is 2.82. The van der Waals surface area contributed by atoms with E-state index in [1.54, 1.807) is 48.5 Å². The van der Waals surface area contributed by atoms with Crippen LogP contribution in [0.2, 0.25) is 0 Å². The summed E-state index contributed by atoms with van der Waals surface area (Å²) < 4.78 is 0. The standard InChI is InChI=1S/C17H14O3/c18-15(11-10-14-8-4-5-9-16(14)19)12-17(20)13-6-2-1-3-7-13/h1-11,19H,12H2. The minimum Gasteiger partial charge on any atom is -0.507 e. The number of carbonyl (C=O) groups excluding carboxylic acids is 2. The number of allylic oxidation sites excluding steroid dienone is 1. The highest BCUT2D eigenvalue weighted by Gasteiger charge is 2.09. The summed E-state index contributed by atoms with van der Waals surface area (Å²) in [4.78, 5) is 23.6. The maximum atomic E-state index is 11.8. The van der Waals surface area contributed by atoms with E-state index >= 15 is 0 Å². The van der Waals surface area contributed by atoms with Crippen LogP contribution in [0.3, 0.4) is 0 Å². The van der Waals surface area contributed by atoms with E-state index in [2.05, 4.69) is 0 Å². The van der Waals surface area contributed by atoms with Gasteiger partial charge in [-0.1, -0.05) is 48.5 Å². The van der Waals surface area contributed by atoms with Crippen molar-refractivity contribution < 1.29 is 14.7 Å². The van der Waals surface area contributed by atoms with Crippen molar-refractivity contribution in [2.45, 2.75) is 6.42 Å². The Morgan fingerprint density at radius 3 is 2.30 bits per heavy atom. The summed E-state index contributed by atoms with van der Waals surface area (Å²) in [6.07, 6.45) is 2.65. The van der Waals surface area contributed by atoms with Crippen molar-refractivity contribution in [3.63, 3.8) is 0 Å². The average Bonchev–Trinajstić information content (AvgIpc) is 2.47. The number of phenolic OH excluding ortho intramolecular Hbond substituents is 1. The number of benzene rings is 2. The molecule has 3 nitrogen and oxygen atoms in total. The van der Waals surface area contributed by atoms with Gasteiger partial charge in [-0.05, 0) is 18.2 Å². The van der Waals surface area contributed by atoms with Crippen molar-refractivity contribution in [2.75, 3.05) is 0 Å². The Morgan fingerprint density at radius 1 is 0.950 bits per heavy atom. The molecule has 0 aliphatic carbocycles. The van der Waals surface area contributed by atoms with Crippen LogP contribution in [0, 0.1) is 0 Å². The fourth-order valence-corrected chi connectivity index (χ4v) is 1.75. The molecule has 0 aromatic heterocycles. The lowest BCUT2D eigenvalue weighted by Crippen LogP contribution is -2.05. The molecule has 100 valence electrons. The molecule has 0 saturated heterocycles. The number of aromatic hydroxyl groups is 1. The number of hydrogen-bond acceptors (Lipinski definition) is 3. The minimum absolute atomic E-state index is 0.103. The fourth-order valence-electron chi connectivity index (χ4n) is 1.75. The molecule has 1 N–H and O–H groups in total. The van der Waals surface area contributed by atoms with E-state index in [1.165, 1.54) is 12.2 Å². The monoisotopic (exact) mass is 266 g/mol. The molecule has 20 heavy (non-hydrogen) atoms. The van der Waals surface area contributed by atoms with Gasteiger partial charge in [0.1, 0.15) is 5.75 Å². The highest BCUT2D eigenvalue weighted by molar-refractivity contribution is 6.12. The summed E-state index contributed by atoms with van der Waals surface area (Å²) in [5, 5.41) is 9.55. The molecule has 2 aromatic carbocycles. The quantitative estimate of drug-likeness (QED) is 0.513. The molecule has 0 aliphatic rings. The number of phenols is 1. The van der Waals surface area contributed by atoms with Crippen molar-refractivity contribution in [3.8, 4) is 5.75 Å². The zero-order valence-electron chi connectivity index (χ0n) is 10.8. The molecule has 0 spiro atoms. The van der Waals surface area contributed by atoms with Crippen molar-refractivity contribution >= 4 is 17.6 Å². The lowest BCUT2D eigenvalue weighted by molar-refractivity contribution is -0.113. The molecule has 2 rings (SSSR count). The first-order valence-corrected chi connectivity index (χ1v) is 6.24. The van der Waals surface area contributed by atoms with Gasteiger partial charge in [-0.25, -0.2) is 0 Å². The summed E-state index contributed by atoms with van der Waals surface area (Å²) in [6.45, 7) is 0. The van der Waals surface area contributed by atoms with Crippen molar-refractivity contribution in [1.29, 1.82) is 0 Å². The zero-order chi connectivity index (χ0) is 14.4. The topological polar surface area (TPSA) is 54.4 Å². The number of para-hydroxylation sites is 1. The Morgan fingerprint density at radius 2 is 1.60 bits per heavy atom. The van der Waals surface area contributed by atoms with Crippen LogP contribution < -0.4 is 0 Å². The van der Waals surface area contributed by atoms with E-state index in [0.29, 0.717) is 11.1 Å². The second-order valence-electron chi connectivity index (χ2n) is 4.32. The predicted octanol–water partition coefficient (Wildman–Crippen LogP) is 3.25. The Kier molecular flexibility index (Phi) is 4.45. The summed E-state index contributed by atoms with van der Waals surface area (Å²) in [6, 6.07) is 15.4. The number of ketones is 2. The SMILES string of the molecule is O=C(C=Cc1ccccc1O)CC(=O)c1ccccc1. The van der Waals surface area contributed by atoms with Crippen LogP contribution in [0.15, 0.2) is 60.7 Å². The van der Waals surface area contributed by atoms with Crippen LogP contribution in [-0.2, 0) is 4.79 Å². The van der Waals surface area contributed by atoms with Crippen LogP contribution in [-0.4, -0.2) is 16.7 Å². The molecule has 3 heteroatoms. The predicted molar refractivity (Wildman–Crippen MR) is 77.5 cm³/mol. The number of Topliss-reactive ketones (excluding diaryl/α,β-unsaturated/α-hetero) is 1. The molecule has 0 atom stereocenters. The van der Waals surface area contributed by atoms with Gasteiger partial charge in [0.15, 0.2) is 11.6 Å². The molecular weight excluding hydrogens is 252 g/mol. The van der Waals surface area contributed by atoms with Crippen molar-refractivity contribution in [1.82, 2.24) is 0 Å². The molecular formula is C17H14O3. The molecule has 0 amide bonds. The summed E-state index contributed by atoms with van der Waals surface area (Å²) >= 11 is 0. The van der Waals surface area contributed by atoms with E-state index in [-0.39, 0.29) is 23.7 Å². The van der Waals surface area contributed by atoms with E-state index in [9.17, 15) is 14.7 Å². The maximum absolute atomic E-state index is 11.8. The lowest BCUT2D eigenvalue weighted by atomic mass is 10.1. The Balaban J connectivity index is 2.00. The fraction of sp³-hybridized carbons (Fsp3) is 0.0588. The van der Waals surface area contributed by atoms with E-state index in [0.717, 1.165) is 0 Å². The van der Waals surface area contributed by atoms with E-state index in [1.807, 2.05) is 6.07 Å². The van der Waals surface area contributed by atoms with Crippen LogP contribution in [0.4, 0.5) is 0 Å². The van der Waals surface area contributed by atoms with Gasteiger partial charge in [0.25, 0.3) is 0 Å². The van der Waals surface area contributed by atoms with Gasteiger partial charge >= 0.3 is 0 Å². The van der Waals surface area contributed by atoms with Gasteiger partial charge in [-0.3, -0.25) is 9.59 Å². The summed E-state index contributed by atoms with van der Waals surface area (Å²) in [5.74, 6) is -0.398. The molecule has 0 fully saturated rings. The van der Waals surface area contributed by atoms with Gasteiger partial charge in [0, 0.05) is 11.1 Å². The van der Waals surface area contributed by atoms with Crippen LogP contribution in [0.25, 0.3) is 6.08 Å². The van der Waals surface area contributed by atoms with Gasteiger partial charge in [0.05, 0.1) is 6.42 Å². The maximum Gasteiger partial charge on any atom is 0.170 e. The van der Waals surface area contributed by atoms with Gasteiger partial charge in [-0.2, -0.15) is 0 Å². The van der Waals surface area contributed by atoms with E-state index in [4.69, 9.17) is 0 Å². The molecule has 0 heterocycles. The van der Waals surface area contributed by atoms with Gasteiger partial charge in [0.2, 0.25) is 0 Å². The molecule has 2 aromatic rings. The Labute approximate surface area is 117 Å². The second kappa shape index (κ2) is 6.48. The number of hydrogen-bond donors (Lipinski definition) is 1. The lowest BCUT2D eigenvalue weighted by Gasteiger charge is -1.98. The smallest absolute Gasteiger partial charge is 0.170 e. The highest BCUT2D eigenvalue weighted by Crippen LogP contribution is 2.17. The van der Waals surface area contributed by atoms with Crippen molar-refractivity contribution in [2.24, 2.45) is 0 Å². The minimum atomic E-state index is -0.290. The van der Waals surface area contributed by atoms with Crippen molar-refractivity contribution in [3.05, 3.63) is 71.8 Å². The molecule has 0 bridgehead atoms. The molecule has 0 radical (unpaired) electrons. The molecule has 0 aliphatic heterocycles. The molecule has 0 saturated carbocycles. The third kappa shape index (κ3) is 3.65. The van der Waals surface area contributed by atoms with Crippen LogP contribution in [0.1, 0.15) is 22.3 Å². The van der Waals surface area contributed by atoms with Crippen LogP contribution in [0.5, 0.6) is 5.75 Å². The van der Waals surface area contributed by atoms with E-state index < -0.39 is 0 Å². The first kappa shape index (κ1) is 13.7. The summed E-state index contributed by atoms with van der Waals surface area (Å²) in [7, 11) is 0. The highest BCUT2D eigenvalue weighted by atomic mass is 16.3. The van der Waals surface area contributed by atoms with Gasteiger partial charge in [-0.15, -0.1) is 0 Å². The number of rotatable bonds is 5. The average molecular weight is 266 g/mol. The first-order chi connectivity index (χ1) is 9.66. The zero-order valence-corrected chi connectivity index (χ0v) is 10.8. The third-order valence-corrected chi connectivity index (χ3v) is 2.82. The second-order valence-corrected chi connectivity index (χ2v) is 4.32. The Hall–Kier alpha value is -2.68. The molecule has 0 unspecified atom stereocenters. The number of carbonyl (C=O) groups is 2. The largest absolute Gasteiger partial charge is 0.507 e. The normalized spacial score (nSPS) is 10.6.